The minimum Gasteiger partial charge on any atom is -0.392 e. The summed E-state index contributed by atoms with van der Waals surface area (Å²) >= 11 is 0. The van der Waals surface area contributed by atoms with Gasteiger partial charge in [0.05, 0.1) is 42.1 Å². The van der Waals surface area contributed by atoms with E-state index in [2.05, 4.69) is 27.1 Å². The molecule has 2 saturated heterocycles. The number of ether oxygens (including phenoxy) is 2. The number of para-hydroxylation sites is 2. The van der Waals surface area contributed by atoms with Crippen molar-refractivity contribution in [3.8, 4) is 0 Å². The Morgan fingerprint density at radius 2 is 1.83 bits per heavy atom. The Hall–Kier alpha value is -3.73. The van der Waals surface area contributed by atoms with Gasteiger partial charge in [0.2, 0.25) is 0 Å². The standard InChI is InChI=1S/C32H34N4O5/c1-20-29(18-36-14-13-25(38)17-36)40-32(41-30(20)22-11-9-21(19-37)10-12-22)23-5-4-6-24(15-23)34-31(39)28-16-33-26-7-2-3-8-27(26)35-28/h2-12,15-16,20,25,29-30,32,37-38H,13-14,17-19H2,1H3,(H,34,39). The third-order valence-electron chi connectivity index (χ3n) is 7.91. The zero-order valence-corrected chi connectivity index (χ0v) is 22.9. The molecule has 3 aromatic carbocycles. The highest BCUT2D eigenvalue weighted by Gasteiger charge is 2.40. The topological polar surface area (TPSA) is 117 Å². The Morgan fingerprint density at radius 1 is 1.02 bits per heavy atom. The van der Waals surface area contributed by atoms with Gasteiger partial charge in [0.15, 0.2) is 6.29 Å². The molecule has 0 saturated carbocycles. The predicted octanol–water partition coefficient (Wildman–Crippen LogP) is 4.23. The van der Waals surface area contributed by atoms with E-state index in [0.29, 0.717) is 24.3 Å². The van der Waals surface area contributed by atoms with Crippen molar-refractivity contribution >= 4 is 22.6 Å². The van der Waals surface area contributed by atoms with Crippen molar-refractivity contribution in [2.75, 3.05) is 25.0 Å². The van der Waals surface area contributed by atoms with E-state index >= 15 is 0 Å². The van der Waals surface area contributed by atoms with Crippen LogP contribution in [0, 0.1) is 5.92 Å². The summed E-state index contributed by atoms with van der Waals surface area (Å²) in [7, 11) is 0. The first kappa shape index (κ1) is 27.4. The number of carbonyl (C=O) groups excluding carboxylic acids is 1. The number of rotatable bonds is 7. The van der Waals surface area contributed by atoms with Crippen LogP contribution in [0.15, 0.2) is 79.0 Å². The molecule has 5 unspecified atom stereocenters. The zero-order valence-electron chi connectivity index (χ0n) is 22.9. The lowest BCUT2D eigenvalue weighted by Crippen LogP contribution is -2.44. The number of anilines is 1. The van der Waals surface area contributed by atoms with Crippen molar-refractivity contribution in [1.29, 1.82) is 0 Å². The van der Waals surface area contributed by atoms with Gasteiger partial charge in [0, 0.05) is 36.8 Å². The van der Waals surface area contributed by atoms with Gasteiger partial charge in [-0.05, 0) is 41.8 Å². The van der Waals surface area contributed by atoms with Gasteiger partial charge in [-0.15, -0.1) is 0 Å². The average molecular weight is 555 g/mol. The number of fused-ring (bicyclic) bond motifs is 1. The van der Waals surface area contributed by atoms with E-state index in [4.69, 9.17) is 9.47 Å². The molecule has 2 fully saturated rings. The highest BCUT2D eigenvalue weighted by atomic mass is 16.7. The molecule has 4 aromatic rings. The SMILES string of the molecule is CC1C(CN2CCC(O)C2)OC(c2cccc(NC(=O)c3cnc4ccccc4n3)c2)OC1c1ccc(CO)cc1. The lowest BCUT2D eigenvalue weighted by atomic mass is 9.90. The number of carbonyl (C=O) groups is 1. The second-order valence-corrected chi connectivity index (χ2v) is 10.8. The smallest absolute Gasteiger partial charge is 0.275 e. The van der Waals surface area contributed by atoms with Crippen LogP contribution in [0.1, 0.15) is 52.9 Å². The number of benzene rings is 3. The molecule has 0 radical (unpaired) electrons. The number of aliphatic hydroxyl groups excluding tert-OH is 2. The van der Waals surface area contributed by atoms with Crippen molar-refractivity contribution in [2.45, 2.75) is 44.6 Å². The van der Waals surface area contributed by atoms with Crippen LogP contribution in [0.5, 0.6) is 0 Å². The summed E-state index contributed by atoms with van der Waals surface area (Å²) in [4.78, 5) is 24.1. The number of nitrogens with one attached hydrogen (secondary N) is 1. The lowest BCUT2D eigenvalue weighted by molar-refractivity contribution is -0.276. The molecule has 1 aromatic heterocycles. The van der Waals surface area contributed by atoms with Gasteiger partial charge in [-0.2, -0.15) is 0 Å². The first-order valence-electron chi connectivity index (χ1n) is 14.0. The van der Waals surface area contributed by atoms with E-state index in [1.165, 1.54) is 6.20 Å². The molecule has 0 spiro atoms. The minimum atomic E-state index is -0.663. The molecule has 0 aliphatic carbocycles. The number of hydrogen-bond donors (Lipinski definition) is 3. The number of likely N-dealkylation sites (tertiary alicyclic amines) is 1. The van der Waals surface area contributed by atoms with Crippen LogP contribution in [0.4, 0.5) is 5.69 Å². The van der Waals surface area contributed by atoms with Crippen molar-refractivity contribution in [1.82, 2.24) is 14.9 Å². The van der Waals surface area contributed by atoms with E-state index in [0.717, 1.165) is 35.2 Å². The first-order chi connectivity index (χ1) is 20.0. The Labute approximate surface area is 238 Å². The molecule has 6 rings (SSSR count). The van der Waals surface area contributed by atoms with E-state index in [1.54, 1.807) is 0 Å². The van der Waals surface area contributed by atoms with Gasteiger partial charge < -0.3 is 25.0 Å². The highest BCUT2D eigenvalue weighted by molar-refractivity contribution is 6.03. The van der Waals surface area contributed by atoms with Crippen molar-refractivity contribution in [3.05, 3.63) is 101 Å². The van der Waals surface area contributed by atoms with Crippen LogP contribution in [0.25, 0.3) is 11.0 Å². The summed E-state index contributed by atoms with van der Waals surface area (Å²) in [5.41, 5.74) is 4.83. The largest absolute Gasteiger partial charge is 0.392 e. The Kier molecular flexibility index (Phi) is 8.04. The van der Waals surface area contributed by atoms with Crippen LogP contribution in [-0.4, -0.2) is 62.8 Å². The lowest BCUT2D eigenvalue weighted by Gasteiger charge is -2.42. The van der Waals surface area contributed by atoms with Gasteiger partial charge in [-0.3, -0.25) is 14.7 Å². The monoisotopic (exact) mass is 554 g/mol. The molecule has 1 amide bonds. The third kappa shape index (κ3) is 6.14. The number of β-amino-alcohol motifs (C(OH)–C–C–N with tert-alkyl or cyclic N) is 1. The number of aliphatic hydroxyl groups is 2. The van der Waals surface area contributed by atoms with Gasteiger partial charge in [-0.25, -0.2) is 4.98 Å². The summed E-state index contributed by atoms with van der Waals surface area (Å²) in [5, 5.41) is 22.5. The maximum Gasteiger partial charge on any atom is 0.275 e. The Balaban J connectivity index is 1.23. The second kappa shape index (κ2) is 12.0. The molecule has 212 valence electrons. The summed E-state index contributed by atoms with van der Waals surface area (Å²) in [6, 6.07) is 22.7. The van der Waals surface area contributed by atoms with Crippen LogP contribution < -0.4 is 5.32 Å². The Bertz CT molecular complexity index is 1510. The fourth-order valence-electron chi connectivity index (χ4n) is 5.59. The van der Waals surface area contributed by atoms with E-state index in [-0.39, 0.29) is 42.4 Å². The number of hydrogen-bond acceptors (Lipinski definition) is 8. The van der Waals surface area contributed by atoms with E-state index in [1.807, 2.05) is 72.8 Å². The maximum absolute atomic E-state index is 13.0. The maximum atomic E-state index is 13.0. The number of aromatic nitrogens is 2. The summed E-state index contributed by atoms with van der Waals surface area (Å²) < 4.78 is 13.1. The first-order valence-corrected chi connectivity index (χ1v) is 14.0. The van der Waals surface area contributed by atoms with Crippen molar-refractivity contribution in [2.24, 2.45) is 5.92 Å². The van der Waals surface area contributed by atoms with Gasteiger partial charge in [0.1, 0.15) is 5.69 Å². The van der Waals surface area contributed by atoms with E-state index < -0.39 is 6.29 Å². The normalized spacial score (nSPS) is 24.9. The molecular weight excluding hydrogens is 520 g/mol. The van der Waals surface area contributed by atoms with Crippen LogP contribution >= 0.6 is 0 Å². The van der Waals surface area contributed by atoms with Crippen LogP contribution in [0.3, 0.4) is 0 Å². The molecule has 0 bridgehead atoms. The van der Waals surface area contributed by atoms with Crippen molar-refractivity contribution in [3.63, 3.8) is 0 Å². The molecule has 3 N–H and O–H groups in total. The second-order valence-electron chi connectivity index (χ2n) is 10.8. The van der Waals surface area contributed by atoms with E-state index in [9.17, 15) is 15.0 Å². The number of nitrogens with zero attached hydrogens (tertiary/aromatic N) is 3. The fraction of sp³-hybridized carbons (Fsp3) is 0.344. The summed E-state index contributed by atoms with van der Waals surface area (Å²) in [6.45, 7) is 4.25. The molecule has 9 heteroatoms. The summed E-state index contributed by atoms with van der Waals surface area (Å²) in [6.07, 6.45) is 0.871. The molecule has 41 heavy (non-hydrogen) atoms. The zero-order chi connectivity index (χ0) is 28.3. The van der Waals surface area contributed by atoms with Gasteiger partial charge in [0.25, 0.3) is 5.91 Å². The fourth-order valence-corrected chi connectivity index (χ4v) is 5.59. The minimum absolute atomic E-state index is 0.0176. The quantitative estimate of drug-likeness (QED) is 0.311. The molecule has 9 nitrogen and oxygen atoms in total. The van der Waals surface area contributed by atoms with Crippen LogP contribution in [-0.2, 0) is 16.1 Å². The Morgan fingerprint density at radius 3 is 2.59 bits per heavy atom. The molecule has 2 aliphatic heterocycles. The predicted molar refractivity (Wildman–Crippen MR) is 154 cm³/mol. The van der Waals surface area contributed by atoms with Crippen LogP contribution in [0.2, 0.25) is 0 Å². The molecule has 2 aliphatic rings. The third-order valence-corrected chi connectivity index (χ3v) is 7.91. The molecule has 3 heterocycles. The van der Waals surface area contributed by atoms with Gasteiger partial charge in [-0.1, -0.05) is 55.5 Å². The molecular formula is C32H34N4O5. The highest BCUT2D eigenvalue weighted by Crippen LogP contribution is 2.42. The summed E-state index contributed by atoms with van der Waals surface area (Å²) in [5.74, 6) is -0.315. The number of amides is 1. The van der Waals surface area contributed by atoms with Gasteiger partial charge >= 0.3 is 0 Å². The average Bonchev–Trinajstić information content (AvgIpc) is 3.42. The van der Waals surface area contributed by atoms with Crippen molar-refractivity contribution < 1.29 is 24.5 Å². The molecule has 5 atom stereocenters.